The van der Waals surface area contributed by atoms with Crippen LogP contribution in [0.15, 0.2) is 0 Å². The third-order valence-electron chi connectivity index (χ3n) is 3.02. The summed E-state index contributed by atoms with van der Waals surface area (Å²) in [6, 6.07) is 0. The van der Waals surface area contributed by atoms with Gasteiger partial charge in [-0.3, -0.25) is 0 Å². The Labute approximate surface area is 92.0 Å². The Morgan fingerprint density at radius 2 is 1.53 bits per heavy atom. The second-order valence-electron chi connectivity index (χ2n) is 4.49. The largest absolute Gasteiger partial charge is 0.428 e. The molecule has 17 heavy (non-hydrogen) atoms. The highest BCUT2D eigenvalue weighted by atomic mass is 19.4. The van der Waals surface area contributed by atoms with Crippen LogP contribution in [-0.4, -0.2) is 30.1 Å². The molecular weight excluding hydrogens is 260 g/mol. The average Bonchev–Trinajstić information content (AvgIpc) is 2.13. The summed E-state index contributed by atoms with van der Waals surface area (Å²) in [5.41, 5.74) is -9.15. The van der Waals surface area contributed by atoms with E-state index < -0.39 is 48.9 Å². The Hall–Kier alpha value is -0.560. The van der Waals surface area contributed by atoms with Crippen molar-refractivity contribution in [2.24, 2.45) is 5.92 Å². The van der Waals surface area contributed by atoms with E-state index in [0.29, 0.717) is 0 Å². The smallest absolute Gasteiger partial charge is 0.247 e. The van der Waals surface area contributed by atoms with Gasteiger partial charge in [0.05, 0.1) is 0 Å². The maximum Gasteiger partial charge on any atom is 0.428 e. The zero-order chi connectivity index (χ0) is 13.7. The first-order valence-corrected chi connectivity index (χ1v) is 4.79. The SMILES string of the molecule is CC1CC(F)(CF)C(F)(F)C(F)(C(F)(F)F)C1. The van der Waals surface area contributed by atoms with Crippen LogP contribution in [0, 0.1) is 5.92 Å². The van der Waals surface area contributed by atoms with Crippen LogP contribution in [0.5, 0.6) is 0 Å². The van der Waals surface area contributed by atoms with Gasteiger partial charge in [-0.25, -0.2) is 13.2 Å². The molecule has 1 aliphatic rings. The van der Waals surface area contributed by atoms with Crippen molar-refractivity contribution in [3.8, 4) is 0 Å². The zero-order valence-electron chi connectivity index (χ0n) is 8.72. The van der Waals surface area contributed by atoms with Gasteiger partial charge in [-0.2, -0.15) is 22.0 Å². The van der Waals surface area contributed by atoms with Gasteiger partial charge in [-0.1, -0.05) is 6.92 Å². The van der Waals surface area contributed by atoms with Crippen LogP contribution in [-0.2, 0) is 0 Å². The minimum Gasteiger partial charge on any atom is -0.247 e. The van der Waals surface area contributed by atoms with E-state index in [4.69, 9.17) is 0 Å². The van der Waals surface area contributed by atoms with Crippen LogP contribution in [0.3, 0.4) is 0 Å². The standard InChI is InChI=1S/C9H10F8/c1-5-2-6(11,4-10)8(13,14)7(12,3-5)9(15,16)17/h5H,2-4H2,1H3. The van der Waals surface area contributed by atoms with Crippen molar-refractivity contribution in [3.63, 3.8) is 0 Å². The third-order valence-corrected chi connectivity index (χ3v) is 3.02. The molecule has 8 heteroatoms. The van der Waals surface area contributed by atoms with Crippen molar-refractivity contribution in [1.82, 2.24) is 0 Å². The molecule has 102 valence electrons. The van der Waals surface area contributed by atoms with Crippen LogP contribution in [0.4, 0.5) is 35.1 Å². The molecule has 0 radical (unpaired) electrons. The number of hydrogen-bond acceptors (Lipinski definition) is 0. The highest BCUT2D eigenvalue weighted by molar-refractivity contribution is 5.14. The molecule has 0 spiro atoms. The van der Waals surface area contributed by atoms with E-state index in [1.54, 1.807) is 0 Å². The van der Waals surface area contributed by atoms with E-state index in [1.165, 1.54) is 0 Å². The van der Waals surface area contributed by atoms with E-state index >= 15 is 0 Å². The molecule has 1 aliphatic carbocycles. The van der Waals surface area contributed by atoms with Gasteiger partial charge in [0.1, 0.15) is 6.67 Å². The predicted molar refractivity (Wildman–Crippen MR) is 43.1 cm³/mol. The van der Waals surface area contributed by atoms with E-state index in [9.17, 15) is 35.1 Å². The average molecular weight is 270 g/mol. The lowest BCUT2D eigenvalue weighted by molar-refractivity contribution is -0.353. The molecule has 0 saturated heterocycles. The quantitative estimate of drug-likeness (QED) is 0.632. The zero-order valence-corrected chi connectivity index (χ0v) is 8.72. The molecule has 0 aromatic rings. The van der Waals surface area contributed by atoms with Gasteiger partial charge in [-0.15, -0.1) is 0 Å². The Balaban J connectivity index is 3.31. The van der Waals surface area contributed by atoms with E-state index in [1.807, 2.05) is 0 Å². The lowest BCUT2D eigenvalue weighted by atomic mass is 9.69. The molecule has 1 saturated carbocycles. The van der Waals surface area contributed by atoms with Crippen molar-refractivity contribution in [3.05, 3.63) is 0 Å². The van der Waals surface area contributed by atoms with Gasteiger partial charge < -0.3 is 0 Å². The summed E-state index contributed by atoms with van der Waals surface area (Å²) in [6.45, 7) is -1.38. The number of hydrogen-bond donors (Lipinski definition) is 0. The molecule has 0 N–H and O–H groups in total. The number of halogens is 8. The van der Waals surface area contributed by atoms with Crippen molar-refractivity contribution in [2.75, 3.05) is 6.67 Å². The number of rotatable bonds is 1. The highest BCUT2D eigenvalue weighted by Gasteiger charge is 2.80. The maximum absolute atomic E-state index is 13.5. The normalized spacial score (nSPS) is 42.5. The summed E-state index contributed by atoms with van der Waals surface area (Å²) in [6.07, 6.45) is -8.66. The fraction of sp³-hybridized carbons (Fsp3) is 1.00. The molecule has 0 bridgehead atoms. The van der Waals surface area contributed by atoms with Crippen LogP contribution in [0.25, 0.3) is 0 Å². The topological polar surface area (TPSA) is 0 Å². The van der Waals surface area contributed by atoms with Gasteiger partial charge >= 0.3 is 12.1 Å². The minimum absolute atomic E-state index is 0.972. The van der Waals surface area contributed by atoms with Crippen LogP contribution in [0.1, 0.15) is 19.8 Å². The van der Waals surface area contributed by atoms with Crippen LogP contribution in [0.2, 0.25) is 0 Å². The molecule has 3 atom stereocenters. The van der Waals surface area contributed by atoms with Crippen molar-refractivity contribution in [2.45, 2.75) is 43.2 Å². The molecule has 3 unspecified atom stereocenters. The van der Waals surface area contributed by atoms with Crippen LogP contribution < -0.4 is 0 Å². The third kappa shape index (κ3) is 1.79. The lowest BCUT2D eigenvalue weighted by Gasteiger charge is -2.47. The molecule has 0 nitrogen and oxygen atoms in total. The molecule has 0 heterocycles. The summed E-state index contributed by atoms with van der Waals surface area (Å²) in [7, 11) is 0. The van der Waals surface area contributed by atoms with Crippen molar-refractivity contribution in [1.29, 1.82) is 0 Å². The Kier molecular flexibility index (Phi) is 3.17. The van der Waals surface area contributed by atoms with E-state index in [0.717, 1.165) is 6.92 Å². The Morgan fingerprint density at radius 3 is 1.88 bits per heavy atom. The summed E-state index contributed by atoms with van der Waals surface area (Å²) in [4.78, 5) is 0. The van der Waals surface area contributed by atoms with Gasteiger partial charge in [0, 0.05) is 0 Å². The Bertz CT molecular complexity index is 298. The Morgan fingerprint density at radius 1 is 1.06 bits per heavy atom. The van der Waals surface area contributed by atoms with Crippen LogP contribution >= 0.6 is 0 Å². The molecule has 0 aliphatic heterocycles. The van der Waals surface area contributed by atoms with E-state index in [2.05, 4.69) is 0 Å². The van der Waals surface area contributed by atoms with Gasteiger partial charge in [0.2, 0.25) is 5.67 Å². The summed E-state index contributed by atoms with van der Waals surface area (Å²) >= 11 is 0. The summed E-state index contributed by atoms with van der Waals surface area (Å²) < 4.78 is 103. The molecule has 0 aromatic heterocycles. The fourth-order valence-electron chi connectivity index (χ4n) is 2.15. The first kappa shape index (κ1) is 14.5. The highest BCUT2D eigenvalue weighted by Crippen LogP contribution is 2.59. The molecule has 1 rings (SSSR count). The molecule has 0 aromatic carbocycles. The first-order chi connectivity index (χ1) is 7.41. The molecule has 0 amide bonds. The van der Waals surface area contributed by atoms with Crippen molar-refractivity contribution >= 4 is 0 Å². The minimum atomic E-state index is -5.95. The monoisotopic (exact) mass is 270 g/mol. The van der Waals surface area contributed by atoms with Crippen molar-refractivity contribution < 1.29 is 35.1 Å². The summed E-state index contributed by atoms with van der Waals surface area (Å²) in [5, 5.41) is 0. The molecular formula is C9H10F8. The van der Waals surface area contributed by atoms with E-state index in [-0.39, 0.29) is 0 Å². The predicted octanol–water partition coefficient (Wildman–Crippen LogP) is 4.00. The lowest BCUT2D eigenvalue weighted by Crippen LogP contribution is -2.69. The number of alkyl halides is 8. The fourth-order valence-corrected chi connectivity index (χ4v) is 2.15. The second kappa shape index (κ2) is 3.71. The first-order valence-electron chi connectivity index (χ1n) is 4.79. The summed E-state index contributed by atoms with van der Waals surface area (Å²) in [5.74, 6) is -6.76. The second-order valence-corrected chi connectivity index (χ2v) is 4.49. The van der Waals surface area contributed by atoms with Gasteiger partial charge in [0.15, 0.2) is 0 Å². The van der Waals surface area contributed by atoms with Gasteiger partial charge in [0.25, 0.3) is 5.67 Å². The molecule has 1 fully saturated rings. The maximum atomic E-state index is 13.5. The van der Waals surface area contributed by atoms with Gasteiger partial charge in [-0.05, 0) is 18.8 Å².